The third kappa shape index (κ3) is 3.37. The molecule has 1 unspecified atom stereocenters. The maximum Gasteiger partial charge on any atom is 0.316 e. The third-order valence-electron chi connectivity index (χ3n) is 4.51. The van der Waals surface area contributed by atoms with Crippen LogP contribution in [0.2, 0.25) is 0 Å². The largest absolute Gasteiger partial charge is 0.381 e. The molecular formula is C17H21FN2O3. The number of aryl methyl sites for hydroxylation is 1. The molecule has 0 spiro atoms. The summed E-state index contributed by atoms with van der Waals surface area (Å²) in [6, 6.07) is 4.60. The Bertz CT molecular complexity index is 614. The summed E-state index contributed by atoms with van der Waals surface area (Å²) >= 11 is 0. The SMILES string of the molecule is Cc1ccc(N2CCN(CC3CCCOC3)C(=O)C2=O)cc1F. The Morgan fingerprint density at radius 3 is 2.78 bits per heavy atom. The Morgan fingerprint density at radius 1 is 1.26 bits per heavy atom. The van der Waals surface area contributed by atoms with Gasteiger partial charge in [0, 0.05) is 31.9 Å². The molecule has 124 valence electrons. The molecule has 2 aliphatic heterocycles. The highest BCUT2D eigenvalue weighted by molar-refractivity contribution is 6.41. The summed E-state index contributed by atoms with van der Waals surface area (Å²) in [5, 5.41) is 0. The first-order valence-corrected chi connectivity index (χ1v) is 8.01. The summed E-state index contributed by atoms with van der Waals surface area (Å²) in [5.74, 6) is -1.17. The Hall–Kier alpha value is -1.95. The average Bonchev–Trinajstić information content (AvgIpc) is 2.56. The van der Waals surface area contributed by atoms with Crippen molar-refractivity contribution in [3.05, 3.63) is 29.6 Å². The van der Waals surface area contributed by atoms with Gasteiger partial charge in [-0.1, -0.05) is 6.07 Å². The van der Waals surface area contributed by atoms with Crippen molar-refractivity contribution in [1.82, 2.24) is 4.90 Å². The Labute approximate surface area is 135 Å². The molecule has 1 aromatic carbocycles. The van der Waals surface area contributed by atoms with Gasteiger partial charge in [-0.3, -0.25) is 9.59 Å². The van der Waals surface area contributed by atoms with E-state index in [1.165, 1.54) is 11.0 Å². The lowest BCUT2D eigenvalue weighted by atomic mass is 10.0. The van der Waals surface area contributed by atoms with Gasteiger partial charge in [0.05, 0.1) is 6.61 Å². The molecule has 0 radical (unpaired) electrons. The van der Waals surface area contributed by atoms with E-state index in [0.29, 0.717) is 43.4 Å². The molecule has 0 saturated carbocycles. The minimum Gasteiger partial charge on any atom is -0.381 e. The molecule has 2 aliphatic rings. The summed E-state index contributed by atoms with van der Waals surface area (Å²) in [4.78, 5) is 27.6. The van der Waals surface area contributed by atoms with Crippen LogP contribution in [0.15, 0.2) is 18.2 Å². The van der Waals surface area contributed by atoms with Crippen LogP contribution in [0, 0.1) is 18.7 Å². The number of hydrogen-bond acceptors (Lipinski definition) is 3. The summed E-state index contributed by atoms with van der Waals surface area (Å²) in [6.45, 7) is 4.50. The average molecular weight is 320 g/mol. The second-order valence-corrected chi connectivity index (χ2v) is 6.22. The fourth-order valence-corrected chi connectivity index (χ4v) is 3.11. The molecule has 1 aromatic rings. The number of carbonyl (C=O) groups excluding carboxylic acids is 2. The highest BCUT2D eigenvalue weighted by Crippen LogP contribution is 2.22. The number of anilines is 1. The van der Waals surface area contributed by atoms with Crippen LogP contribution in [0.4, 0.5) is 10.1 Å². The van der Waals surface area contributed by atoms with Crippen molar-refractivity contribution >= 4 is 17.5 Å². The maximum atomic E-state index is 13.7. The van der Waals surface area contributed by atoms with E-state index < -0.39 is 11.8 Å². The number of nitrogens with zero attached hydrogens (tertiary/aromatic N) is 2. The lowest BCUT2D eigenvalue weighted by molar-refractivity contribution is -0.147. The zero-order valence-corrected chi connectivity index (χ0v) is 13.3. The second-order valence-electron chi connectivity index (χ2n) is 6.22. The molecule has 0 aromatic heterocycles. The number of hydrogen-bond donors (Lipinski definition) is 0. The highest BCUT2D eigenvalue weighted by atomic mass is 19.1. The monoisotopic (exact) mass is 320 g/mol. The number of rotatable bonds is 3. The lowest BCUT2D eigenvalue weighted by Crippen LogP contribution is -2.55. The van der Waals surface area contributed by atoms with Crippen LogP contribution < -0.4 is 4.90 Å². The smallest absolute Gasteiger partial charge is 0.316 e. The number of piperazine rings is 1. The number of halogens is 1. The maximum absolute atomic E-state index is 13.7. The second kappa shape index (κ2) is 6.66. The van der Waals surface area contributed by atoms with Crippen molar-refractivity contribution in [2.24, 2.45) is 5.92 Å². The van der Waals surface area contributed by atoms with Gasteiger partial charge in [-0.05, 0) is 43.4 Å². The first-order valence-electron chi connectivity index (χ1n) is 8.01. The molecule has 2 amide bonds. The summed E-state index contributed by atoms with van der Waals surface area (Å²) in [6.07, 6.45) is 2.01. The van der Waals surface area contributed by atoms with Crippen LogP contribution in [-0.4, -0.2) is 49.6 Å². The zero-order chi connectivity index (χ0) is 16.4. The lowest BCUT2D eigenvalue weighted by Gasteiger charge is -2.36. The van der Waals surface area contributed by atoms with Crippen molar-refractivity contribution in [2.45, 2.75) is 19.8 Å². The molecule has 2 saturated heterocycles. The van der Waals surface area contributed by atoms with Crippen LogP contribution in [0.1, 0.15) is 18.4 Å². The van der Waals surface area contributed by atoms with E-state index in [1.54, 1.807) is 24.0 Å². The number of carbonyl (C=O) groups is 2. The van der Waals surface area contributed by atoms with Crippen LogP contribution in [0.5, 0.6) is 0 Å². The van der Waals surface area contributed by atoms with E-state index in [-0.39, 0.29) is 5.82 Å². The van der Waals surface area contributed by atoms with Gasteiger partial charge in [-0.15, -0.1) is 0 Å². The Morgan fingerprint density at radius 2 is 2.09 bits per heavy atom. The van der Waals surface area contributed by atoms with E-state index in [0.717, 1.165) is 19.4 Å². The number of ether oxygens (including phenoxy) is 1. The number of benzene rings is 1. The molecule has 6 heteroatoms. The highest BCUT2D eigenvalue weighted by Gasteiger charge is 2.34. The van der Waals surface area contributed by atoms with Gasteiger partial charge in [-0.2, -0.15) is 0 Å². The van der Waals surface area contributed by atoms with Crippen LogP contribution >= 0.6 is 0 Å². The van der Waals surface area contributed by atoms with Crippen molar-refractivity contribution in [1.29, 1.82) is 0 Å². The topological polar surface area (TPSA) is 49.9 Å². The summed E-state index contributed by atoms with van der Waals surface area (Å²) in [5.41, 5.74) is 0.954. The van der Waals surface area contributed by atoms with Gasteiger partial charge >= 0.3 is 11.8 Å². The third-order valence-corrected chi connectivity index (χ3v) is 4.51. The summed E-state index contributed by atoms with van der Waals surface area (Å²) < 4.78 is 19.1. The quantitative estimate of drug-likeness (QED) is 0.797. The minimum atomic E-state index is -0.587. The molecule has 5 nitrogen and oxygen atoms in total. The van der Waals surface area contributed by atoms with Gasteiger partial charge in [0.1, 0.15) is 5.82 Å². The van der Waals surface area contributed by atoms with E-state index in [9.17, 15) is 14.0 Å². The van der Waals surface area contributed by atoms with Crippen LogP contribution in [0.25, 0.3) is 0 Å². The number of amides is 2. The first-order chi connectivity index (χ1) is 11.1. The molecule has 0 N–H and O–H groups in total. The molecule has 2 fully saturated rings. The van der Waals surface area contributed by atoms with E-state index in [4.69, 9.17) is 4.74 Å². The summed E-state index contributed by atoms with van der Waals surface area (Å²) in [7, 11) is 0. The molecule has 3 rings (SSSR count). The van der Waals surface area contributed by atoms with E-state index in [1.807, 2.05) is 0 Å². The van der Waals surface area contributed by atoms with Crippen molar-refractivity contribution in [2.75, 3.05) is 37.7 Å². The van der Waals surface area contributed by atoms with Gasteiger partial charge in [0.25, 0.3) is 0 Å². The van der Waals surface area contributed by atoms with Crippen LogP contribution in [-0.2, 0) is 14.3 Å². The molecule has 23 heavy (non-hydrogen) atoms. The fourth-order valence-electron chi connectivity index (χ4n) is 3.11. The Balaban J connectivity index is 1.68. The van der Waals surface area contributed by atoms with Crippen LogP contribution in [0.3, 0.4) is 0 Å². The standard InChI is InChI=1S/C17H21FN2O3/c1-12-4-5-14(9-15(12)18)20-7-6-19(16(21)17(20)22)10-13-3-2-8-23-11-13/h4-5,9,13H,2-3,6-8,10-11H2,1H3. The molecule has 0 bridgehead atoms. The van der Waals surface area contributed by atoms with Gasteiger partial charge < -0.3 is 14.5 Å². The van der Waals surface area contributed by atoms with E-state index >= 15 is 0 Å². The Kier molecular flexibility index (Phi) is 4.61. The van der Waals surface area contributed by atoms with Gasteiger partial charge in [-0.25, -0.2) is 4.39 Å². The molecule has 2 heterocycles. The molecule has 0 aliphatic carbocycles. The zero-order valence-electron chi connectivity index (χ0n) is 13.3. The minimum absolute atomic E-state index is 0.295. The normalized spacial score (nSPS) is 22.6. The van der Waals surface area contributed by atoms with Crippen molar-refractivity contribution in [3.63, 3.8) is 0 Å². The van der Waals surface area contributed by atoms with E-state index in [2.05, 4.69) is 0 Å². The van der Waals surface area contributed by atoms with Crippen molar-refractivity contribution < 1.29 is 18.7 Å². The first kappa shape index (κ1) is 15.9. The molecular weight excluding hydrogens is 299 g/mol. The predicted molar refractivity (Wildman–Crippen MR) is 83.6 cm³/mol. The van der Waals surface area contributed by atoms with Crippen molar-refractivity contribution in [3.8, 4) is 0 Å². The van der Waals surface area contributed by atoms with Gasteiger partial charge in [0.2, 0.25) is 0 Å². The predicted octanol–water partition coefficient (Wildman–Crippen LogP) is 1.74. The van der Waals surface area contributed by atoms with Gasteiger partial charge in [0.15, 0.2) is 0 Å². The fraction of sp³-hybridized carbons (Fsp3) is 0.529. The molecule has 1 atom stereocenters.